The van der Waals surface area contributed by atoms with E-state index >= 15 is 0 Å². The van der Waals surface area contributed by atoms with Crippen molar-refractivity contribution in [3.63, 3.8) is 0 Å². The number of carbonyl (C=O) groups excluding carboxylic acids is 4. The molecule has 4 rings (SSSR count). The molecule has 3 atom stereocenters. The second-order valence-corrected chi connectivity index (χ2v) is 11.0. The van der Waals surface area contributed by atoms with Crippen molar-refractivity contribution in [1.29, 1.82) is 0 Å². The molecule has 1 saturated heterocycles. The Hall–Kier alpha value is -3.88. The second-order valence-electron chi connectivity index (χ2n) is 11.0. The molecule has 9 nitrogen and oxygen atoms in total. The molecular weight excluding hydrogens is 510 g/mol. The molecule has 2 aliphatic rings. The Balaban J connectivity index is 1.42. The number of hydrogen-bond donors (Lipinski definition) is 2. The summed E-state index contributed by atoms with van der Waals surface area (Å²) in [6.45, 7) is 7.60. The molecular formula is C31H39N3O6. The minimum absolute atomic E-state index is 0.103. The van der Waals surface area contributed by atoms with Gasteiger partial charge in [-0.05, 0) is 54.4 Å². The fraction of sp³-hybridized carbons (Fsp3) is 0.484. The number of hydrogen-bond acceptors (Lipinski definition) is 6. The fourth-order valence-corrected chi connectivity index (χ4v) is 5.65. The van der Waals surface area contributed by atoms with Crippen molar-refractivity contribution >= 4 is 23.9 Å². The number of fused-ring (bicyclic) bond motifs is 3. The van der Waals surface area contributed by atoms with E-state index < -0.39 is 35.6 Å². The van der Waals surface area contributed by atoms with E-state index in [2.05, 4.69) is 22.8 Å². The van der Waals surface area contributed by atoms with Crippen molar-refractivity contribution in [2.24, 2.45) is 5.92 Å². The van der Waals surface area contributed by atoms with E-state index in [-0.39, 0.29) is 24.3 Å². The van der Waals surface area contributed by atoms with Crippen molar-refractivity contribution < 1.29 is 28.7 Å². The number of amides is 3. The minimum Gasteiger partial charge on any atom is -0.467 e. The van der Waals surface area contributed by atoms with Crippen LogP contribution < -0.4 is 10.6 Å². The average molecular weight is 550 g/mol. The third-order valence-electron chi connectivity index (χ3n) is 8.13. The van der Waals surface area contributed by atoms with Crippen molar-refractivity contribution in [1.82, 2.24) is 15.5 Å². The zero-order valence-electron chi connectivity index (χ0n) is 23.9. The number of likely N-dealkylation sites (tertiary alicyclic amines) is 1. The fourth-order valence-electron chi connectivity index (χ4n) is 5.65. The van der Waals surface area contributed by atoms with Gasteiger partial charge in [-0.15, -0.1) is 0 Å². The Morgan fingerprint density at radius 1 is 1.02 bits per heavy atom. The first-order valence-corrected chi connectivity index (χ1v) is 13.9. The van der Waals surface area contributed by atoms with Crippen molar-refractivity contribution in [2.45, 2.75) is 70.5 Å². The van der Waals surface area contributed by atoms with Crippen LogP contribution in [0.15, 0.2) is 48.5 Å². The highest BCUT2D eigenvalue weighted by Crippen LogP contribution is 2.44. The van der Waals surface area contributed by atoms with Crippen molar-refractivity contribution in [3.05, 3.63) is 59.7 Å². The summed E-state index contributed by atoms with van der Waals surface area (Å²) in [5, 5.41) is 5.56. The summed E-state index contributed by atoms with van der Waals surface area (Å²) in [6, 6.07) is 14.5. The summed E-state index contributed by atoms with van der Waals surface area (Å²) in [5.74, 6) is -1.68. The molecule has 2 N–H and O–H groups in total. The zero-order valence-corrected chi connectivity index (χ0v) is 23.9. The van der Waals surface area contributed by atoms with E-state index in [1.807, 2.05) is 50.2 Å². The van der Waals surface area contributed by atoms with E-state index in [4.69, 9.17) is 9.47 Å². The largest absolute Gasteiger partial charge is 0.467 e. The van der Waals surface area contributed by atoms with Gasteiger partial charge >= 0.3 is 12.1 Å². The van der Waals surface area contributed by atoms with Gasteiger partial charge in [0.05, 0.1) is 7.11 Å². The van der Waals surface area contributed by atoms with Crippen LogP contribution in [-0.2, 0) is 23.9 Å². The van der Waals surface area contributed by atoms with Gasteiger partial charge in [0.15, 0.2) is 0 Å². The first-order chi connectivity index (χ1) is 19.1. The molecule has 0 saturated carbocycles. The molecule has 0 bridgehead atoms. The number of benzene rings is 2. The lowest BCUT2D eigenvalue weighted by atomic mass is 9.94. The highest BCUT2D eigenvalue weighted by Gasteiger charge is 2.44. The van der Waals surface area contributed by atoms with E-state index in [9.17, 15) is 19.2 Å². The van der Waals surface area contributed by atoms with Crippen molar-refractivity contribution in [3.8, 4) is 11.1 Å². The first-order valence-electron chi connectivity index (χ1n) is 13.9. The summed E-state index contributed by atoms with van der Waals surface area (Å²) >= 11 is 0. The number of ether oxygens (including phenoxy) is 2. The van der Waals surface area contributed by atoms with E-state index in [1.165, 1.54) is 12.0 Å². The third-order valence-corrected chi connectivity index (χ3v) is 8.13. The van der Waals surface area contributed by atoms with Crippen LogP contribution in [-0.4, -0.2) is 66.7 Å². The van der Waals surface area contributed by atoms with Gasteiger partial charge in [-0.25, -0.2) is 9.59 Å². The van der Waals surface area contributed by atoms with Gasteiger partial charge in [0, 0.05) is 12.5 Å². The first kappa shape index (κ1) is 29.1. The average Bonchev–Trinajstić information content (AvgIpc) is 3.57. The summed E-state index contributed by atoms with van der Waals surface area (Å²) in [4.78, 5) is 53.6. The molecule has 3 amide bonds. The standard InChI is InChI=1S/C31H39N3O6/c1-6-31(4,29(37)34-17-11-16-25(34)28(36)39-5)33-27(35)26(19(2)3)32-30(38)40-18-24-22-14-9-7-12-20(22)21-13-8-10-15-23(21)24/h7-10,12-15,19,24-26H,6,11,16-18H2,1-5H3,(H,32,38)(H,33,35)/t25-,26-,31+/m0/s1. The van der Waals surface area contributed by atoms with Crippen LogP contribution in [0.4, 0.5) is 4.79 Å². The third kappa shape index (κ3) is 5.69. The van der Waals surface area contributed by atoms with E-state index in [0.717, 1.165) is 22.3 Å². The normalized spacial score (nSPS) is 18.4. The SMILES string of the molecule is CC[C@@](C)(NC(=O)[C@@H](NC(=O)OCC1c2ccccc2-c2ccccc21)C(C)C)C(=O)N1CCC[C@H]1C(=O)OC. The molecule has 1 fully saturated rings. The quantitative estimate of drug-likeness (QED) is 0.457. The van der Waals surface area contributed by atoms with Gasteiger partial charge < -0.3 is 25.0 Å². The maximum absolute atomic E-state index is 13.5. The predicted octanol–water partition coefficient (Wildman–Crippen LogP) is 4.00. The Morgan fingerprint density at radius 3 is 2.17 bits per heavy atom. The van der Waals surface area contributed by atoms with E-state index in [0.29, 0.717) is 25.8 Å². The number of nitrogens with zero attached hydrogens (tertiary/aromatic N) is 1. The number of alkyl carbamates (subject to hydrolysis) is 1. The Bertz CT molecular complexity index is 1230. The smallest absolute Gasteiger partial charge is 0.407 e. The minimum atomic E-state index is -1.26. The molecule has 0 spiro atoms. The summed E-state index contributed by atoms with van der Waals surface area (Å²) in [6.07, 6.45) is 0.796. The van der Waals surface area contributed by atoms with Crippen LogP contribution >= 0.6 is 0 Å². The van der Waals surface area contributed by atoms with Gasteiger partial charge in [-0.2, -0.15) is 0 Å². The van der Waals surface area contributed by atoms with Crippen LogP contribution in [0.2, 0.25) is 0 Å². The lowest BCUT2D eigenvalue weighted by Crippen LogP contribution is -2.63. The van der Waals surface area contributed by atoms with Crippen LogP contribution in [0, 0.1) is 5.92 Å². The second kappa shape index (κ2) is 12.1. The van der Waals surface area contributed by atoms with Gasteiger partial charge in [-0.1, -0.05) is 69.3 Å². The topological polar surface area (TPSA) is 114 Å². The van der Waals surface area contributed by atoms with Gasteiger partial charge in [0.1, 0.15) is 24.2 Å². The van der Waals surface area contributed by atoms with Gasteiger partial charge in [0.25, 0.3) is 0 Å². The Kier molecular flexibility index (Phi) is 8.81. The molecule has 1 aliphatic heterocycles. The van der Waals surface area contributed by atoms with Crippen LogP contribution in [0.25, 0.3) is 11.1 Å². The van der Waals surface area contributed by atoms with Gasteiger partial charge in [0.2, 0.25) is 11.8 Å². The maximum atomic E-state index is 13.5. The highest BCUT2D eigenvalue weighted by atomic mass is 16.5. The molecule has 1 aliphatic carbocycles. The zero-order chi connectivity index (χ0) is 29.0. The monoisotopic (exact) mass is 549 g/mol. The molecule has 214 valence electrons. The van der Waals surface area contributed by atoms with Crippen LogP contribution in [0.3, 0.4) is 0 Å². The molecule has 40 heavy (non-hydrogen) atoms. The van der Waals surface area contributed by atoms with Crippen LogP contribution in [0.1, 0.15) is 64.0 Å². The molecule has 2 aromatic rings. The molecule has 0 radical (unpaired) electrons. The Morgan fingerprint density at radius 2 is 1.62 bits per heavy atom. The summed E-state index contributed by atoms with van der Waals surface area (Å²) in [7, 11) is 1.30. The van der Waals surface area contributed by atoms with Crippen LogP contribution in [0.5, 0.6) is 0 Å². The number of carbonyl (C=O) groups is 4. The van der Waals surface area contributed by atoms with E-state index in [1.54, 1.807) is 13.8 Å². The van der Waals surface area contributed by atoms with Crippen molar-refractivity contribution in [2.75, 3.05) is 20.3 Å². The molecule has 0 unspecified atom stereocenters. The lowest BCUT2D eigenvalue weighted by molar-refractivity contribution is -0.153. The number of nitrogens with one attached hydrogen (secondary N) is 2. The highest BCUT2D eigenvalue weighted by molar-refractivity contribution is 5.96. The molecule has 0 aromatic heterocycles. The molecule has 1 heterocycles. The number of methoxy groups -OCH3 is 1. The maximum Gasteiger partial charge on any atom is 0.407 e. The number of esters is 1. The summed E-state index contributed by atoms with van der Waals surface area (Å²) in [5.41, 5.74) is 3.19. The molecule has 9 heteroatoms. The van der Waals surface area contributed by atoms with Gasteiger partial charge in [-0.3, -0.25) is 9.59 Å². The Labute approximate surface area is 235 Å². The summed E-state index contributed by atoms with van der Waals surface area (Å²) < 4.78 is 10.5. The number of rotatable bonds is 9. The lowest BCUT2D eigenvalue weighted by Gasteiger charge is -2.36. The predicted molar refractivity (Wildman–Crippen MR) is 150 cm³/mol. The molecule has 2 aromatic carbocycles.